The molecular weight excluding hydrogens is 242 g/mol. The Labute approximate surface area is 113 Å². The van der Waals surface area contributed by atoms with Crippen LogP contribution >= 0.6 is 0 Å². The van der Waals surface area contributed by atoms with E-state index in [2.05, 4.69) is 12.1 Å². The number of aliphatic carboxylic acids is 1. The lowest BCUT2D eigenvalue weighted by Crippen LogP contribution is -2.32. The van der Waals surface area contributed by atoms with Crippen molar-refractivity contribution in [1.82, 2.24) is 0 Å². The third-order valence-corrected chi connectivity index (χ3v) is 3.75. The van der Waals surface area contributed by atoms with Crippen molar-refractivity contribution >= 4 is 5.97 Å². The maximum atomic E-state index is 10.9. The van der Waals surface area contributed by atoms with Crippen LogP contribution in [0.15, 0.2) is 12.1 Å². The second kappa shape index (κ2) is 6.06. The van der Waals surface area contributed by atoms with E-state index in [-0.39, 0.29) is 0 Å². The smallest absolute Gasteiger partial charge is 0.320 e. The lowest BCUT2D eigenvalue weighted by Gasteiger charge is -2.15. The summed E-state index contributed by atoms with van der Waals surface area (Å²) in [5.41, 5.74) is 9.18. The Balaban J connectivity index is 2.31. The van der Waals surface area contributed by atoms with Gasteiger partial charge >= 0.3 is 5.97 Å². The molecule has 1 aliphatic rings. The molecule has 0 bridgehead atoms. The van der Waals surface area contributed by atoms with Crippen molar-refractivity contribution in [2.75, 3.05) is 7.11 Å². The van der Waals surface area contributed by atoms with Gasteiger partial charge in [-0.3, -0.25) is 4.79 Å². The summed E-state index contributed by atoms with van der Waals surface area (Å²) in [6, 6.07) is 3.27. The summed E-state index contributed by atoms with van der Waals surface area (Å²) in [4.78, 5) is 10.9. The molecule has 0 heterocycles. The van der Waals surface area contributed by atoms with Crippen molar-refractivity contribution in [3.63, 3.8) is 0 Å². The van der Waals surface area contributed by atoms with Gasteiger partial charge in [-0.2, -0.15) is 0 Å². The number of nitrogens with two attached hydrogens (primary N) is 1. The molecule has 0 aromatic heterocycles. The van der Waals surface area contributed by atoms with Gasteiger partial charge in [0.25, 0.3) is 0 Å². The summed E-state index contributed by atoms with van der Waals surface area (Å²) in [6.07, 6.45) is 6.12. The second-order valence-electron chi connectivity index (χ2n) is 5.14. The molecule has 1 aliphatic carbocycles. The molecule has 0 aliphatic heterocycles. The van der Waals surface area contributed by atoms with Crippen LogP contribution in [0.2, 0.25) is 0 Å². The highest BCUT2D eigenvalue weighted by Crippen LogP contribution is 2.29. The van der Waals surface area contributed by atoms with E-state index in [4.69, 9.17) is 15.6 Å². The van der Waals surface area contributed by atoms with Crippen LogP contribution in [0.25, 0.3) is 0 Å². The zero-order valence-corrected chi connectivity index (χ0v) is 11.3. The Morgan fingerprint density at radius 1 is 1.32 bits per heavy atom. The number of hydrogen-bond acceptors (Lipinski definition) is 3. The molecule has 0 amide bonds. The standard InChI is InChI=1S/C15H21NO3/c1-19-14-9-11-6-4-2-3-5-10(11)7-12(14)8-13(16)15(17)18/h7,9,13H,2-6,8,16H2,1H3,(H,17,18). The molecule has 2 rings (SSSR count). The molecule has 0 fully saturated rings. The average Bonchev–Trinajstić information content (AvgIpc) is 2.62. The first kappa shape index (κ1) is 13.9. The summed E-state index contributed by atoms with van der Waals surface area (Å²) >= 11 is 0. The highest BCUT2D eigenvalue weighted by molar-refractivity contribution is 5.73. The van der Waals surface area contributed by atoms with Gasteiger partial charge in [-0.05, 0) is 48.4 Å². The van der Waals surface area contributed by atoms with E-state index >= 15 is 0 Å². The summed E-state index contributed by atoms with van der Waals surface area (Å²) in [5, 5.41) is 8.92. The SMILES string of the molecule is COc1cc2c(cc1CC(N)C(=O)O)CCCCC2. The summed E-state index contributed by atoms with van der Waals surface area (Å²) < 4.78 is 5.38. The average molecular weight is 263 g/mol. The molecular formula is C15H21NO3. The predicted octanol–water partition coefficient (Wildman–Crippen LogP) is 1.92. The lowest BCUT2D eigenvalue weighted by molar-refractivity contribution is -0.138. The number of methoxy groups -OCH3 is 1. The van der Waals surface area contributed by atoms with Gasteiger partial charge in [0.15, 0.2) is 0 Å². The Bertz CT molecular complexity index is 471. The molecule has 3 N–H and O–H groups in total. The van der Waals surface area contributed by atoms with E-state index in [0.29, 0.717) is 6.42 Å². The molecule has 4 nitrogen and oxygen atoms in total. The highest BCUT2D eigenvalue weighted by atomic mass is 16.5. The molecule has 19 heavy (non-hydrogen) atoms. The Hall–Kier alpha value is -1.55. The molecule has 1 atom stereocenters. The first-order valence-electron chi connectivity index (χ1n) is 6.79. The first-order valence-corrected chi connectivity index (χ1v) is 6.79. The van der Waals surface area contributed by atoms with E-state index in [0.717, 1.165) is 24.2 Å². The fraction of sp³-hybridized carbons (Fsp3) is 0.533. The first-order chi connectivity index (χ1) is 9.11. The number of carboxylic acid groups (broad SMARTS) is 1. The highest BCUT2D eigenvalue weighted by Gasteiger charge is 2.18. The summed E-state index contributed by atoms with van der Waals surface area (Å²) in [6.45, 7) is 0. The van der Waals surface area contributed by atoms with Crippen molar-refractivity contribution in [3.8, 4) is 5.75 Å². The van der Waals surface area contributed by atoms with E-state index in [1.54, 1.807) is 7.11 Å². The van der Waals surface area contributed by atoms with Crippen LogP contribution < -0.4 is 10.5 Å². The predicted molar refractivity (Wildman–Crippen MR) is 73.6 cm³/mol. The minimum absolute atomic E-state index is 0.311. The van der Waals surface area contributed by atoms with Gasteiger partial charge in [-0.25, -0.2) is 0 Å². The summed E-state index contributed by atoms with van der Waals surface area (Å²) in [5.74, 6) is -0.214. The Morgan fingerprint density at radius 2 is 1.95 bits per heavy atom. The van der Waals surface area contributed by atoms with E-state index in [9.17, 15) is 4.79 Å². The van der Waals surface area contributed by atoms with Crippen molar-refractivity contribution < 1.29 is 14.6 Å². The zero-order valence-electron chi connectivity index (χ0n) is 11.3. The van der Waals surface area contributed by atoms with E-state index < -0.39 is 12.0 Å². The number of aryl methyl sites for hydroxylation is 2. The molecule has 1 aromatic carbocycles. The number of hydrogen-bond donors (Lipinski definition) is 2. The molecule has 1 unspecified atom stereocenters. The van der Waals surface area contributed by atoms with Crippen molar-refractivity contribution in [2.45, 2.75) is 44.6 Å². The van der Waals surface area contributed by atoms with Crippen molar-refractivity contribution in [3.05, 3.63) is 28.8 Å². The number of fused-ring (bicyclic) bond motifs is 1. The number of rotatable bonds is 4. The van der Waals surface area contributed by atoms with Crippen LogP contribution in [0.3, 0.4) is 0 Å². The van der Waals surface area contributed by atoms with Gasteiger partial charge in [0, 0.05) is 6.42 Å². The third kappa shape index (κ3) is 3.26. The third-order valence-electron chi connectivity index (χ3n) is 3.75. The Morgan fingerprint density at radius 3 is 2.53 bits per heavy atom. The van der Waals surface area contributed by atoms with Gasteiger partial charge in [-0.1, -0.05) is 12.5 Å². The van der Waals surface area contributed by atoms with Crippen LogP contribution in [0.4, 0.5) is 0 Å². The number of carboxylic acids is 1. The molecule has 0 saturated heterocycles. The zero-order chi connectivity index (χ0) is 13.8. The summed E-state index contributed by atoms with van der Waals surface area (Å²) in [7, 11) is 1.62. The monoisotopic (exact) mass is 263 g/mol. The van der Waals surface area contributed by atoms with Gasteiger partial charge in [0.2, 0.25) is 0 Å². The minimum Gasteiger partial charge on any atom is -0.496 e. The molecule has 104 valence electrons. The van der Waals surface area contributed by atoms with E-state index in [1.807, 2.05) is 0 Å². The normalized spacial score (nSPS) is 16.3. The van der Waals surface area contributed by atoms with Crippen LogP contribution in [0.1, 0.15) is 36.0 Å². The number of carbonyl (C=O) groups is 1. The van der Waals surface area contributed by atoms with Gasteiger partial charge in [0.1, 0.15) is 11.8 Å². The van der Waals surface area contributed by atoms with Gasteiger partial charge in [0.05, 0.1) is 7.11 Å². The molecule has 0 radical (unpaired) electrons. The fourth-order valence-corrected chi connectivity index (χ4v) is 2.66. The fourth-order valence-electron chi connectivity index (χ4n) is 2.66. The quantitative estimate of drug-likeness (QED) is 0.814. The van der Waals surface area contributed by atoms with Gasteiger partial charge < -0.3 is 15.6 Å². The molecule has 0 saturated carbocycles. The molecule has 1 aromatic rings. The molecule has 4 heteroatoms. The van der Waals surface area contributed by atoms with Crippen molar-refractivity contribution in [2.24, 2.45) is 5.73 Å². The van der Waals surface area contributed by atoms with Crippen LogP contribution in [-0.2, 0) is 24.1 Å². The minimum atomic E-state index is -0.975. The largest absolute Gasteiger partial charge is 0.496 e. The molecule has 0 spiro atoms. The maximum absolute atomic E-state index is 10.9. The van der Waals surface area contributed by atoms with Gasteiger partial charge in [-0.15, -0.1) is 0 Å². The topological polar surface area (TPSA) is 72.5 Å². The number of ether oxygens (including phenoxy) is 1. The van der Waals surface area contributed by atoms with Crippen LogP contribution in [-0.4, -0.2) is 24.2 Å². The second-order valence-corrected chi connectivity index (χ2v) is 5.14. The Kier molecular flexibility index (Phi) is 4.43. The number of benzene rings is 1. The maximum Gasteiger partial charge on any atom is 0.320 e. The van der Waals surface area contributed by atoms with Crippen LogP contribution in [0.5, 0.6) is 5.75 Å². The van der Waals surface area contributed by atoms with Crippen LogP contribution in [0, 0.1) is 0 Å². The van der Waals surface area contributed by atoms with Crippen molar-refractivity contribution in [1.29, 1.82) is 0 Å². The lowest BCUT2D eigenvalue weighted by atomic mass is 9.96. The van der Waals surface area contributed by atoms with E-state index in [1.165, 1.54) is 30.4 Å².